The van der Waals surface area contributed by atoms with Gasteiger partial charge in [0.1, 0.15) is 6.33 Å². The smallest absolute Gasteiger partial charge is 0.246 e. The van der Waals surface area contributed by atoms with Crippen LogP contribution in [0.25, 0.3) is 5.65 Å². The second-order valence-corrected chi connectivity index (χ2v) is 5.21. The molecule has 0 atom stereocenters. The molecule has 0 aromatic carbocycles. The number of nitrogens with one attached hydrogen (secondary N) is 1. The minimum atomic E-state index is -3.73. The van der Waals surface area contributed by atoms with Gasteiger partial charge in [0.15, 0.2) is 0 Å². The summed E-state index contributed by atoms with van der Waals surface area (Å²) in [4.78, 5) is 14.9. The minimum Gasteiger partial charge on any atom is -0.246 e. The van der Waals surface area contributed by atoms with Crippen molar-refractivity contribution in [1.82, 2.24) is 29.1 Å². The minimum absolute atomic E-state index is 0.0996. The second kappa shape index (κ2) is 3.35. The van der Waals surface area contributed by atoms with Gasteiger partial charge in [-0.2, -0.15) is 0 Å². The molecule has 0 radical (unpaired) electrons. The van der Waals surface area contributed by atoms with Gasteiger partial charge in [0.05, 0.1) is 0 Å². The molecule has 9 nitrogen and oxygen atoms in total. The van der Waals surface area contributed by atoms with E-state index in [1.54, 1.807) is 0 Å². The zero-order valence-corrected chi connectivity index (χ0v) is 9.26. The maximum Gasteiger partial charge on any atom is 0.350 e. The Hall–Kier alpha value is -1.81. The standard InChI is InChI=1S/C6H8N6O3S/c1-11(2)16(14,15)5-4-8-10-9-6(13)12(4)3-7-5/h3H,1-2H3,(H,8,9,13). The lowest BCUT2D eigenvalue weighted by Crippen LogP contribution is -2.24. The third kappa shape index (κ3) is 1.39. The fourth-order valence-electron chi connectivity index (χ4n) is 1.09. The topological polar surface area (TPSA) is 113 Å². The van der Waals surface area contributed by atoms with E-state index in [1.807, 2.05) is 0 Å². The van der Waals surface area contributed by atoms with Gasteiger partial charge in [0.25, 0.3) is 10.0 Å². The summed E-state index contributed by atoms with van der Waals surface area (Å²) in [6, 6.07) is 0. The van der Waals surface area contributed by atoms with E-state index in [4.69, 9.17) is 0 Å². The monoisotopic (exact) mass is 244 g/mol. The quantitative estimate of drug-likeness (QED) is 0.657. The van der Waals surface area contributed by atoms with Gasteiger partial charge < -0.3 is 0 Å². The van der Waals surface area contributed by atoms with Crippen molar-refractivity contribution in [2.45, 2.75) is 5.03 Å². The molecule has 0 aliphatic carbocycles. The van der Waals surface area contributed by atoms with Crippen LogP contribution in [0.3, 0.4) is 0 Å². The average molecular weight is 244 g/mol. The maximum atomic E-state index is 11.8. The Bertz CT molecular complexity index is 684. The van der Waals surface area contributed by atoms with E-state index in [0.717, 1.165) is 15.0 Å². The van der Waals surface area contributed by atoms with E-state index in [1.165, 1.54) is 14.1 Å². The summed E-state index contributed by atoms with van der Waals surface area (Å²) >= 11 is 0. The predicted octanol–water partition coefficient (Wildman–Crippen LogP) is -1.94. The summed E-state index contributed by atoms with van der Waals surface area (Å²) in [7, 11) is -1.01. The van der Waals surface area contributed by atoms with Crippen LogP contribution in [0.4, 0.5) is 0 Å². The van der Waals surface area contributed by atoms with E-state index in [2.05, 4.69) is 20.4 Å². The molecule has 2 aromatic heterocycles. The Balaban J connectivity index is 2.83. The summed E-state index contributed by atoms with van der Waals surface area (Å²) in [6.45, 7) is 0. The lowest BCUT2D eigenvalue weighted by atomic mass is 10.8. The number of sulfonamides is 1. The van der Waals surface area contributed by atoms with Crippen molar-refractivity contribution in [3.8, 4) is 0 Å². The third-order valence-electron chi connectivity index (χ3n) is 1.94. The number of imidazole rings is 1. The summed E-state index contributed by atoms with van der Waals surface area (Å²) in [5, 5.41) is 8.60. The van der Waals surface area contributed by atoms with Crippen LogP contribution in [-0.4, -0.2) is 51.6 Å². The van der Waals surface area contributed by atoms with Crippen LogP contribution in [-0.2, 0) is 10.0 Å². The van der Waals surface area contributed by atoms with Gasteiger partial charge in [-0.25, -0.2) is 32.0 Å². The molecule has 86 valence electrons. The lowest BCUT2D eigenvalue weighted by molar-refractivity contribution is 0.518. The normalized spacial score (nSPS) is 12.4. The van der Waals surface area contributed by atoms with Crippen LogP contribution in [0.2, 0.25) is 0 Å². The van der Waals surface area contributed by atoms with Crippen molar-refractivity contribution >= 4 is 15.7 Å². The molecule has 16 heavy (non-hydrogen) atoms. The zero-order valence-electron chi connectivity index (χ0n) is 8.45. The number of hydrogen-bond acceptors (Lipinski definition) is 6. The van der Waals surface area contributed by atoms with E-state index < -0.39 is 15.7 Å². The molecule has 0 amide bonds. The summed E-state index contributed by atoms with van der Waals surface area (Å²) in [6.07, 6.45) is 1.08. The molecule has 2 rings (SSSR count). The molecular weight excluding hydrogens is 236 g/mol. The highest BCUT2D eigenvalue weighted by Gasteiger charge is 2.25. The second-order valence-electron chi connectivity index (χ2n) is 3.15. The van der Waals surface area contributed by atoms with Gasteiger partial charge in [-0.15, -0.1) is 5.10 Å². The molecule has 0 spiro atoms. The number of aromatic amines is 1. The molecule has 0 aliphatic heterocycles. The number of aromatic nitrogens is 5. The number of rotatable bonds is 2. The summed E-state index contributed by atoms with van der Waals surface area (Å²) < 4.78 is 25.5. The fourth-order valence-corrected chi connectivity index (χ4v) is 1.99. The van der Waals surface area contributed by atoms with Crippen LogP contribution < -0.4 is 5.69 Å². The molecule has 0 bridgehead atoms. The Morgan fingerprint density at radius 1 is 1.44 bits per heavy atom. The molecule has 0 fully saturated rings. The first kappa shape index (κ1) is 10.7. The Morgan fingerprint density at radius 2 is 2.12 bits per heavy atom. The molecular formula is C6H8N6O3S. The van der Waals surface area contributed by atoms with Crippen molar-refractivity contribution in [1.29, 1.82) is 0 Å². The van der Waals surface area contributed by atoms with Crippen LogP contribution >= 0.6 is 0 Å². The predicted molar refractivity (Wildman–Crippen MR) is 52.3 cm³/mol. The number of hydrogen-bond donors (Lipinski definition) is 1. The van der Waals surface area contributed by atoms with Crippen molar-refractivity contribution in [3.63, 3.8) is 0 Å². The van der Waals surface area contributed by atoms with Crippen molar-refractivity contribution in [3.05, 3.63) is 16.8 Å². The Kier molecular flexibility index (Phi) is 2.24. The first-order chi connectivity index (χ1) is 7.44. The average Bonchev–Trinajstić information content (AvgIpc) is 2.63. The molecule has 0 saturated heterocycles. The van der Waals surface area contributed by atoms with Gasteiger partial charge >= 0.3 is 5.69 Å². The first-order valence-corrected chi connectivity index (χ1v) is 5.59. The van der Waals surface area contributed by atoms with Crippen molar-refractivity contribution in [2.75, 3.05) is 14.1 Å². The van der Waals surface area contributed by atoms with E-state index in [-0.39, 0.29) is 10.7 Å². The largest absolute Gasteiger partial charge is 0.350 e. The van der Waals surface area contributed by atoms with Gasteiger partial charge in [0.2, 0.25) is 10.7 Å². The van der Waals surface area contributed by atoms with Gasteiger partial charge in [-0.05, 0) is 0 Å². The maximum absolute atomic E-state index is 11.8. The van der Waals surface area contributed by atoms with E-state index in [9.17, 15) is 13.2 Å². The number of fused-ring (bicyclic) bond motifs is 1. The number of nitrogens with zero attached hydrogens (tertiary/aromatic N) is 5. The Morgan fingerprint density at radius 3 is 2.75 bits per heavy atom. The summed E-state index contributed by atoms with van der Waals surface area (Å²) in [5.41, 5.74) is -0.699. The SMILES string of the molecule is CN(C)S(=O)(=O)c1ncn2c(=O)[nH]nnc12. The third-order valence-corrected chi connectivity index (χ3v) is 3.68. The van der Waals surface area contributed by atoms with Gasteiger partial charge in [-0.3, -0.25) is 0 Å². The van der Waals surface area contributed by atoms with Crippen LogP contribution in [0.1, 0.15) is 0 Å². The molecule has 2 aromatic rings. The Labute approximate surface area is 89.8 Å². The molecule has 10 heteroatoms. The molecule has 0 aliphatic rings. The van der Waals surface area contributed by atoms with Crippen LogP contribution in [0.5, 0.6) is 0 Å². The highest BCUT2D eigenvalue weighted by molar-refractivity contribution is 7.89. The highest BCUT2D eigenvalue weighted by Crippen LogP contribution is 2.13. The molecule has 1 N–H and O–H groups in total. The van der Waals surface area contributed by atoms with Crippen LogP contribution in [0.15, 0.2) is 16.1 Å². The first-order valence-electron chi connectivity index (χ1n) is 4.15. The zero-order chi connectivity index (χ0) is 11.9. The van der Waals surface area contributed by atoms with Gasteiger partial charge in [0, 0.05) is 14.1 Å². The van der Waals surface area contributed by atoms with Crippen molar-refractivity contribution < 1.29 is 8.42 Å². The number of H-pyrrole nitrogens is 1. The van der Waals surface area contributed by atoms with Gasteiger partial charge in [-0.1, -0.05) is 5.21 Å². The van der Waals surface area contributed by atoms with Crippen LogP contribution in [0, 0.1) is 0 Å². The summed E-state index contributed by atoms with van der Waals surface area (Å²) in [5.74, 6) is 0. The molecule has 2 heterocycles. The molecule has 0 unspecified atom stereocenters. The highest BCUT2D eigenvalue weighted by atomic mass is 32.2. The van der Waals surface area contributed by atoms with E-state index in [0.29, 0.717) is 0 Å². The molecule has 0 saturated carbocycles. The van der Waals surface area contributed by atoms with E-state index >= 15 is 0 Å². The fraction of sp³-hybridized carbons (Fsp3) is 0.333. The van der Waals surface area contributed by atoms with Crippen molar-refractivity contribution in [2.24, 2.45) is 0 Å². The lowest BCUT2D eigenvalue weighted by Gasteiger charge is -2.07.